The molecule has 7 heteroatoms. The molecule has 49 heavy (non-hydrogen) atoms. The lowest BCUT2D eigenvalue weighted by Gasteiger charge is -2.50. The number of nitrogens with one attached hydrogen (secondary N) is 1. The molecule has 0 bridgehead atoms. The first-order chi connectivity index (χ1) is 23.8. The van der Waals surface area contributed by atoms with Crippen molar-refractivity contribution >= 4 is 44.3 Å². The average Bonchev–Trinajstić information content (AvgIpc) is 3.12. The van der Waals surface area contributed by atoms with Crippen molar-refractivity contribution in [2.24, 2.45) is 0 Å². The summed E-state index contributed by atoms with van der Waals surface area (Å²) in [6.45, 7) is 12.7. The van der Waals surface area contributed by atoms with E-state index in [9.17, 15) is 0 Å². The topological polar surface area (TPSA) is 25.0 Å². The number of rotatable bonds is 8. The Kier molecular flexibility index (Phi) is 10.1. The Morgan fingerprint density at radius 1 is 0.388 bits per heavy atom. The Morgan fingerprint density at radius 2 is 0.633 bits per heavy atom. The van der Waals surface area contributed by atoms with Gasteiger partial charge in [0.15, 0.2) is 0 Å². The Morgan fingerprint density at radius 3 is 0.898 bits per heavy atom. The molecule has 1 N–H and O–H groups in total. The van der Waals surface area contributed by atoms with Crippen LogP contribution in [-0.4, -0.2) is 44.0 Å². The molecule has 0 saturated carbocycles. The minimum absolute atomic E-state index is 0.357. The molecule has 2 fully saturated rings. The van der Waals surface area contributed by atoms with Gasteiger partial charge < -0.3 is 24.9 Å². The second kappa shape index (κ2) is 14.8. The molecule has 0 spiro atoms. The summed E-state index contributed by atoms with van der Waals surface area (Å²) in [6.07, 6.45) is 4.27. The SMILES string of the molecule is Cc1ccc(NC(P2CN(c3ccc(C)cc3)CN(c3ccc(C)cc3)C2)P2CN(c3ccc(C)cc3)CN(c3ccc(C)cc3)C2)cc1. The maximum absolute atomic E-state index is 4.22. The Hall–Kier alpha value is -4.04. The van der Waals surface area contributed by atoms with Gasteiger partial charge in [0.2, 0.25) is 0 Å². The van der Waals surface area contributed by atoms with Gasteiger partial charge in [0.25, 0.3) is 0 Å². The molecule has 252 valence electrons. The lowest BCUT2D eigenvalue weighted by molar-refractivity contribution is 0.785. The summed E-state index contributed by atoms with van der Waals surface area (Å²) in [5, 5.41) is 4.22. The van der Waals surface area contributed by atoms with Gasteiger partial charge >= 0.3 is 0 Å². The van der Waals surface area contributed by atoms with Crippen LogP contribution in [0.25, 0.3) is 0 Å². The van der Waals surface area contributed by atoms with Crippen LogP contribution in [0.5, 0.6) is 0 Å². The van der Waals surface area contributed by atoms with Gasteiger partial charge in [-0.05, 0) is 111 Å². The summed E-state index contributed by atoms with van der Waals surface area (Å²) in [4.78, 5) is 10.5. The van der Waals surface area contributed by atoms with Crippen LogP contribution >= 0.6 is 15.8 Å². The molecule has 0 radical (unpaired) electrons. The zero-order chi connectivity index (χ0) is 33.9. The molecule has 5 nitrogen and oxygen atoms in total. The summed E-state index contributed by atoms with van der Waals surface area (Å²) in [7, 11) is -1.00. The van der Waals surface area contributed by atoms with Crippen LogP contribution in [0.1, 0.15) is 27.8 Å². The summed E-state index contributed by atoms with van der Waals surface area (Å²) in [5.41, 5.74) is 13.3. The van der Waals surface area contributed by atoms with Crippen molar-refractivity contribution in [3.05, 3.63) is 149 Å². The first-order valence-electron chi connectivity index (χ1n) is 17.4. The highest BCUT2D eigenvalue weighted by atomic mass is 31.2. The molecule has 2 heterocycles. The Labute approximate surface area is 296 Å². The minimum atomic E-state index is -0.501. The van der Waals surface area contributed by atoms with Crippen molar-refractivity contribution in [3.63, 3.8) is 0 Å². The highest BCUT2D eigenvalue weighted by molar-refractivity contribution is 7.76. The van der Waals surface area contributed by atoms with E-state index in [1.54, 1.807) is 0 Å². The third-order valence-corrected chi connectivity index (χ3v) is 16.1. The standard InChI is InChI=1S/C42H49N5P2/c1-32-6-16-37(17-7-32)43-42(48-28-44(38-18-8-33(2)9-19-38)26-45(29-48)39-20-10-34(3)11-21-39)49-30-46(40-22-12-35(4)13-23-40)27-47(31-49)41-24-14-36(5)15-25-41/h6-25,42-43H,26-31H2,1-5H3. The van der Waals surface area contributed by atoms with Gasteiger partial charge in [-0.2, -0.15) is 0 Å². The largest absolute Gasteiger partial charge is 0.374 e. The van der Waals surface area contributed by atoms with Crippen LogP contribution in [0.3, 0.4) is 0 Å². The van der Waals surface area contributed by atoms with Crippen molar-refractivity contribution < 1.29 is 0 Å². The molecule has 0 amide bonds. The Balaban J connectivity index is 1.28. The van der Waals surface area contributed by atoms with Gasteiger partial charge in [0, 0.05) is 53.6 Å². The molecule has 0 aliphatic carbocycles. The van der Waals surface area contributed by atoms with Gasteiger partial charge in [-0.15, -0.1) is 0 Å². The van der Waals surface area contributed by atoms with E-state index >= 15 is 0 Å². The van der Waals surface area contributed by atoms with Crippen LogP contribution in [0.2, 0.25) is 0 Å². The number of aryl methyl sites for hydroxylation is 5. The third kappa shape index (κ3) is 8.07. The fraction of sp³-hybridized carbons (Fsp3) is 0.286. The molecule has 0 aromatic heterocycles. The average molecular weight is 686 g/mol. The monoisotopic (exact) mass is 685 g/mol. The van der Waals surface area contributed by atoms with Crippen molar-refractivity contribution in [2.75, 3.05) is 63.4 Å². The zero-order valence-corrected chi connectivity index (χ0v) is 31.3. The number of hydrogen-bond donors (Lipinski definition) is 1. The fourth-order valence-corrected chi connectivity index (χ4v) is 13.7. The van der Waals surface area contributed by atoms with Crippen LogP contribution < -0.4 is 24.9 Å². The number of nitrogens with zero attached hydrogens (tertiary/aromatic N) is 4. The molecular formula is C42H49N5P2. The first kappa shape index (κ1) is 33.5. The second-order valence-electron chi connectivity index (χ2n) is 13.9. The van der Waals surface area contributed by atoms with Gasteiger partial charge in [-0.1, -0.05) is 88.5 Å². The molecule has 5 aromatic rings. The molecule has 0 unspecified atom stereocenters. The molecule has 2 saturated heterocycles. The van der Waals surface area contributed by atoms with Crippen molar-refractivity contribution in [2.45, 2.75) is 40.1 Å². The number of hydrogen-bond acceptors (Lipinski definition) is 5. The highest BCUT2D eigenvalue weighted by Gasteiger charge is 2.39. The summed E-state index contributed by atoms with van der Waals surface area (Å²) < 4.78 is 0. The number of benzene rings is 5. The highest BCUT2D eigenvalue weighted by Crippen LogP contribution is 2.62. The molecule has 7 rings (SSSR count). The van der Waals surface area contributed by atoms with E-state index in [2.05, 4.69) is 181 Å². The smallest absolute Gasteiger partial charge is 0.0910 e. The molecule has 2 aliphatic heterocycles. The zero-order valence-electron chi connectivity index (χ0n) is 29.6. The van der Waals surface area contributed by atoms with E-state index in [0.717, 1.165) is 38.5 Å². The summed E-state index contributed by atoms with van der Waals surface area (Å²) in [5.74, 6) is 0. The predicted molar refractivity (Wildman–Crippen MR) is 216 cm³/mol. The summed E-state index contributed by atoms with van der Waals surface area (Å²) >= 11 is 0. The van der Waals surface area contributed by atoms with Gasteiger partial charge in [-0.25, -0.2) is 0 Å². The third-order valence-electron chi connectivity index (χ3n) is 9.73. The van der Waals surface area contributed by atoms with Crippen LogP contribution in [0.15, 0.2) is 121 Å². The van der Waals surface area contributed by atoms with E-state index in [0.29, 0.717) is 5.52 Å². The predicted octanol–water partition coefficient (Wildman–Crippen LogP) is 10.7. The van der Waals surface area contributed by atoms with E-state index < -0.39 is 15.8 Å². The fourth-order valence-electron chi connectivity index (χ4n) is 6.75. The normalized spacial score (nSPS) is 16.0. The first-order valence-corrected chi connectivity index (χ1v) is 20.9. The lowest BCUT2D eigenvalue weighted by atomic mass is 10.2. The summed E-state index contributed by atoms with van der Waals surface area (Å²) in [6, 6.07) is 45.6. The molecule has 0 atom stereocenters. The van der Waals surface area contributed by atoms with Crippen LogP contribution in [0.4, 0.5) is 28.4 Å². The van der Waals surface area contributed by atoms with Crippen molar-refractivity contribution in [1.29, 1.82) is 0 Å². The Bertz CT molecular complexity index is 1590. The van der Waals surface area contributed by atoms with Crippen molar-refractivity contribution in [3.8, 4) is 0 Å². The van der Waals surface area contributed by atoms with Crippen molar-refractivity contribution in [1.82, 2.24) is 0 Å². The molecule has 5 aromatic carbocycles. The van der Waals surface area contributed by atoms with E-state index in [-0.39, 0.29) is 0 Å². The quantitative estimate of drug-likeness (QED) is 0.164. The number of anilines is 5. The maximum atomic E-state index is 4.22. The molecular weight excluding hydrogens is 636 g/mol. The van der Waals surface area contributed by atoms with Crippen LogP contribution in [0, 0.1) is 34.6 Å². The van der Waals surface area contributed by atoms with Gasteiger partial charge in [0.05, 0.1) is 18.9 Å². The lowest BCUT2D eigenvalue weighted by Crippen LogP contribution is -2.49. The van der Waals surface area contributed by atoms with E-state index in [1.165, 1.54) is 56.3 Å². The second-order valence-corrected chi connectivity index (χ2v) is 18.8. The van der Waals surface area contributed by atoms with Crippen LogP contribution in [-0.2, 0) is 0 Å². The van der Waals surface area contributed by atoms with Gasteiger partial charge in [0.1, 0.15) is 0 Å². The van der Waals surface area contributed by atoms with E-state index in [4.69, 9.17) is 0 Å². The van der Waals surface area contributed by atoms with E-state index in [1.807, 2.05) is 0 Å². The molecule has 2 aliphatic rings. The maximum Gasteiger partial charge on any atom is 0.0910 e. The van der Waals surface area contributed by atoms with Gasteiger partial charge in [-0.3, -0.25) is 0 Å². The minimum Gasteiger partial charge on any atom is -0.374 e.